The number of ether oxygens (including phenoxy) is 2. The SMILES string of the molecule is COc1nc(N2CC3CCC2CO3)cc(-n2ncc3cc(C)c(C4CCNCC4)cc32)n1.Cl. The number of anilines is 1. The van der Waals surface area contributed by atoms with Crippen molar-refractivity contribution in [1.82, 2.24) is 25.1 Å². The van der Waals surface area contributed by atoms with Crippen LogP contribution in [0.2, 0.25) is 0 Å². The number of nitrogens with one attached hydrogen (secondary N) is 1. The third kappa shape index (κ3) is 4.05. The number of halogens is 1. The van der Waals surface area contributed by atoms with E-state index >= 15 is 0 Å². The number of hydrogen-bond donors (Lipinski definition) is 1. The highest BCUT2D eigenvalue weighted by atomic mass is 35.5. The van der Waals surface area contributed by atoms with E-state index in [2.05, 4.69) is 39.2 Å². The number of morpholine rings is 1. The highest BCUT2D eigenvalue weighted by molar-refractivity contribution is 5.85. The van der Waals surface area contributed by atoms with Crippen LogP contribution >= 0.6 is 12.4 Å². The van der Waals surface area contributed by atoms with Gasteiger partial charge in [0.1, 0.15) is 5.82 Å². The van der Waals surface area contributed by atoms with Gasteiger partial charge in [0, 0.05) is 18.0 Å². The number of benzene rings is 1. The van der Waals surface area contributed by atoms with Gasteiger partial charge in [0.2, 0.25) is 0 Å². The van der Waals surface area contributed by atoms with Crippen molar-refractivity contribution >= 4 is 29.1 Å². The van der Waals surface area contributed by atoms with Gasteiger partial charge in [0.15, 0.2) is 5.82 Å². The van der Waals surface area contributed by atoms with Gasteiger partial charge in [-0.1, -0.05) is 0 Å². The Morgan fingerprint density at radius 3 is 2.58 bits per heavy atom. The minimum atomic E-state index is 0. The molecule has 6 heterocycles. The summed E-state index contributed by atoms with van der Waals surface area (Å²) in [4.78, 5) is 11.7. The first kappa shape index (κ1) is 22.4. The van der Waals surface area contributed by atoms with Crippen LogP contribution in [0.15, 0.2) is 24.4 Å². The average Bonchev–Trinajstić information content (AvgIpc) is 3.27. The molecule has 1 N–H and O–H groups in total. The van der Waals surface area contributed by atoms with E-state index in [0.717, 1.165) is 61.6 Å². The number of piperidine rings is 2. The van der Waals surface area contributed by atoms with Crippen LogP contribution in [0.4, 0.5) is 5.82 Å². The zero-order valence-corrected chi connectivity index (χ0v) is 20.0. The molecule has 0 saturated carbocycles. The molecule has 2 aromatic heterocycles. The standard InChI is InChI=1S/C24H30N6O2.ClH/c1-15-9-17-12-26-30(21(17)10-20(15)16-5-7-25-8-6-16)23-11-22(27-24(28-23)31-2)29-13-19-4-3-18(29)14-32-19;/h9-12,16,18-19,25H,3-8,13-14H2,1-2H3;1H. The van der Waals surface area contributed by atoms with Crippen molar-refractivity contribution in [2.24, 2.45) is 0 Å². The van der Waals surface area contributed by atoms with Gasteiger partial charge in [-0.2, -0.15) is 15.1 Å². The second kappa shape index (κ2) is 9.08. The molecule has 33 heavy (non-hydrogen) atoms. The van der Waals surface area contributed by atoms with Crippen LogP contribution in [0.5, 0.6) is 6.01 Å². The van der Waals surface area contributed by atoms with E-state index in [1.807, 2.05) is 16.9 Å². The van der Waals surface area contributed by atoms with E-state index in [9.17, 15) is 0 Å². The molecule has 9 heteroatoms. The van der Waals surface area contributed by atoms with Gasteiger partial charge in [-0.05, 0) is 74.9 Å². The number of rotatable bonds is 4. The molecule has 0 radical (unpaired) electrons. The van der Waals surface area contributed by atoms with E-state index < -0.39 is 0 Å². The summed E-state index contributed by atoms with van der Waals surface area (Å²) in [5.74, 6) is 2.21. The Hall–Kier alpha value is -2.42. The topological polar surface area (TPSA) is 77.3 Å². The van der Waals surface area contributed by atoms with Crippen LogP contribution in [-0.2, 0) is 4.74 Å². The Labute approximate surface area is 200 Å². The maximum absolute atomic E-state index is 5.89. The molecule has 176 valence electrons. The Balaban J connectivity index is 0.00000228. The molecule has 4 saturated heterocycles. The zero-order chi connectivity index (χ0) is 21.7. The number of methoxy groups -OCH3 is 1. The fourth-order valence-electron chi connectivity index (χ4n) is 5.54. The summed E-state index contributed by atoms with van der Waals surface area (Å²) in [5, 5.41) is 9.32. The van der Waals surface area contributed by atoms with E-state index in [4.69, 9.17) is 14.6 Å². The van der Waals surface area contributed by atoms with Gasteiger partial charge in [-0.3, -0.25) is 0 Å². The molecule has 8 nitrogen and oxygen atoms in total. The molecule has 1 aromatic carbocycles. The number of nitrogens with zero attached hydrogens (tertiary/aromatic N) is 5. The lowest BCUT2D eigenvalue weighted by atomic mass is 9.87. The third-order valence-corrected chi connectivity index (χ3v) is 7.29. The summed E-state index contributed by atoms with van der Waals surface area (Å²) in [6.07, 6.45) is 6.82. The van der Waals surface area contributed by atoms with Gasteiger partial charge in [-0.15, -0.1) is 12.4 Å². The zero-order valence-electron chi connectivity index (χ0n) is 19.2. The van der Waals surface area contributed by atoms with E-state index in [0.29, 0.717) is 18.0 Å². The van der Waals surface area contributed by atoms with Crippen LogP contribution in [0.3, 0.4) is 0 Å². The highest BCUT2D eigenvalue weighted by Gasteiger charge is 2.36. The van der Waals surface area contributed by atoms with E-state index in [1.165, 1.54) is 24.0 Å². The largest absolute Gasteiger partial charge is 0.467 e. The summed E-state index contributed by atoms with van der Waals surface area (Å²) in [6.45, 7) is 6.00. The van der Waals surface area contributed by atoms with Gasteiger partial charge in [-0.25, -0.2) is 4.68 Å². The predicted molar refractivity (Wildman–Crippen MR) is 130 cm³/mol. The first-order valence-electron chi connectivity index (χ1n) is 11.7. The second-order valence-corrected chi connectivity index (χ2v) is 9.26. The monoisotopic (exact) mass is 470 g/mol. The summed E-state index contributed by atoms with van der Waals surface area (Å²) in [5.41, 5.74) is 3.85. The highest BCUT2D eigenvalue weighted by Crippen LogP contribution is 2.34. The normalized spacial score (nSPS) is 23.0. The molecule has 3 aromatic rings. The van der Waals surface area contributed by atoms with Crippen LogP contribution in [0.1, 0.15) is 42.7 Å². The van der Waals surface area contributed by atoms with Crippen molar-refractivity contribution in [3.63, 3.8) is 0 Å². The second-order valence-electron chi connectivity index (χ2n) is 9.26. The van der Waals surface area contributed by atoms with Crippen LogP contribution in [0, 0.1) is 6.92 Å². The maximum atomic E-state index is 5.89. The third-order valence-electron chi connectivity index (χ3n) is 7.29. The lowest BCUT2D eigenvalue weighted by Crippen LogP contribution is -2.54. The minimum absolute atomic E-state index is 0. The lowest BCUT2D eigenvalue weighted by molar-refractivity contribution is -0.0229. The van der Waals surface area contributed by atoms with Gasteiger partial charge in [0.25, 0.3) is 0 Å². The van der Waals surface area contributed by atoms with Crippen molar-refractivity contribution < 1.29 is 9.47 Å². The van der Waals surface area contributed by atoms with Crippen LogP contribution in [-0.4, -0.2) is 65.2 Å². The molecule has 7 rings (SSSR count). The smallest absolute Gasteiger partial charge is 0.320 e. The Morgan fingerprint density at radius 1 is 1.06 bits per heavy atom. The molecule has 0 spiro atoms. The number of aromatic nitrogens is 4. The van der Waals surface area contributed by atoms with Gasteiger partial charge < -0.3 is 19.7 Å². The van der Waals surface area contributed by atoms with Crippen molar-refractivity contribution in [2.75, 3.05) is 38.3 Å². The minimum Gasteiger partial charge on any atom is -0.467 e. The first-order chi connectivity index (χ1) is 15.7. The Morgan fingerprint density at radius 2 is 1.88 bits per heavy atom. The van der Waals surface area contributed by atoms with Crippen molar-refractivity contribution in [1.29, 1.82) is 0 Å². The van der Waals surface area contributed by atoms with Gasteiger partial charge in [0.05, 0.1) is 37.6 Å². The number of hydrogen-bond acceptors (Lipinski definition) is 7. The molecule has 0 aliphatic carbocycles. The first-order valence-corrected chi connectivity index (χ1v) is 11.7. The molecule has 2 unspecified atom stereocenters. The summed E-state index contributed by atoms with van der Waals surface area (Å²) in [7, 11) is 1.62. The summed E-state index contributed by atoms with van der Waals surface area (Å²) in [6, 6.07) is 7.35. The Kier molecular flexibility index (Phi) is 6.16. The van der Waals surface area contributed by atoms with Crippen LogP contribution < -0.4 is 15.0 Å². The fraction of sp³-hybridized carbons (Fsp3) is 0.542. The van der Waals surface area contributed by atoms with Gasteiger partial charge >= 0.3 is 6.01 Å². The lowest BCUT2D eigenvalue weighted by Gasteiger charge is -2.45. The van der Waals surface area contributed by atoms with E-state index in [1.54, 1.807) is 7.11 Å². The molecule has 2 bridgehead atoms. The summed E-state index contributed by atoms with van der Waals surface area (Å²) >= 11 is 0. The number of fused-ring (bicyclic) bond motifs is 4. The van der Waals surface area contributed by atoms with Crippen molar-refractivity contribution in [3.8, 4) is 11.8 Å². The Bertz CT molecular complexity index is 1140. The quantitative estimate of drug-likeness (QED) is 0.626. The van der Waals surface area contributed by atoms with E-state index in [-0.39, 0.29) is 18.5 Å². The summed E-state index contributed by atoms with van der Waals surface area (Å²) < 4.78 is 13.3. The van der Waals surface area contributed by atoms with Crippen LogP contribution in [0.25, 0.3) is 16.7 Å². The average molecular weight is 471 g/mol. The molecular weight excluding hydrogens is 440 g/mol. The predicted octanol–water partition coefficient (Wildman–Crippen LogP) is 3.39. The molecule has 4 aliphatic heterocycles. The maximum Gasteiger partial charge on any atom is 0.320 e. The van der Waals surface area contributed by atoms with Crippen molar-refractivity contribution in [3.05, 3.63) is 35.5 Å². The molecular formula is C24H31ClN6O2. The molecule has 0 amide bonds. The molecule has 4 fully saturated rings. The molecule has 4 aliphatic rings. The number of aryl methyl sites for hydroxylation is 1. The molecule has 2 atom stereocenters. The van der Waals surface area contributed by atoms with Crippen molar-refractivity contribution in [2.45, 2.75) is 50.7 Å². The fourth-order valence-corrected chi connectivity index (χ4v) is 5.54.